The Balaban J connectivity index is 1.44. The summed E-state index contributed by atoms with van der Waals surface area (Å²) < 4.78 is 37.5. The summed E-state index contributed by atoms with van der Waals surface area (Å²) in [5, 5.41) is 8.89. The fourth-order valence-corrected chi connectivity index (χ4v) is 8.39. The van der Waals surface area contributed by atoms with Gasteiger partial charge >= 0.3 is 0 Å². The van der Waals surface area contributed by atoms with E-state index >= 15 is 0 Å². The van der Waals surface area contributed by atoms with Gasteiger partial charge in [0.25, 0.3) is 0 Å². The number of aryl methyl sites for hydroxylation is 3. The van der Waals surface area contributed by atoms with Crippen LogP contribution in [0.25, 0.3) is 11.0 Å². The zero-order chi connectivity index (χ0) is 36.7. The van der Waals surface area contributed by atoms with Crippen LogP contribution in [0.3, 0.4) is 0 Å². The van der Waals surface area contributed by atoms with E-state index in [0.29, 0.717) is 18.9 Å². The molecule has 0 aliphatic carbocycles. The first kappa shape index (κ1) is 36.1. The molecule has 0 saturated heterocycles. The molecule has 2 aromatic carbocycles. The lowest BCUT2D eigenvalue weighted by atomic mass is 9.66. The van der Waals surface area contributed by atoms with E-state index in [0.717, 1.165) is 44.4 Å². The van der Waals surface area contributed by atoms with Crippen molar-refractivity contribution >= 4 is 32.8 Å². The van der Waals surface area contributed by atoms with Gasteiger partial charge in [-0.3, -0.25) is 4.79 Å². The Morgan fingerprint density at radius 1 is 1.06 bits per heavy atom. The average molecular weight is 711 g/mol. The fraction of sp³-hybridized carbons (Fsp3) is 0.421. The molecule has 268 valence electrons. The van der Waals surface area contributed by atoms with Crippen LogP contribution in [0.5, 0.6) is 5.88 Å². The zero-order valence-corrected chi connectivity index (χ0v) is 31.4. The van der Waals surface area contributed by atoms with Gasteiger partial charge in [0.05, 0.1) is 12.1 Å². The molecule has 4 heterocycles. The number of anilines is 1. The Bertz CT molecular complexity index is 2180. The molecule has 1 aliphatic heterocycles. The molecule has 13 heteroatoms. The highest BCUT2D eigenvalue weighted by Crippen LogP contribution is 2.45. The van der Waals surface area contributed by atoms with Crippen molar-refractivity contribution in [3.63, 3.8) is 0 Å². The summed E-state index contributed by atoms with van der Waals surface area (Å²) in [7, 11) is -0.177. The lowest BCUT2D eigenvalue weighted by Crippen LogP contribution is -2.37. The number of sulfonamides is 1. The smallest absolute Gasteiger partial charge is 0.248 e. The van der Waals surface area contributed by atoms with Crippen LogP contribution in [0.4, 0.5) is 5.95 Å². The molecule has 0 unspecified atom stereocenters. The highest BCUT2D eigenvalue weighted by Gasteiger charge is 2.40. The summed E-state index contributed by atoms with van der Waals surface area (Å²) in [5.74, 6) is 0.322. The molecule has 0 bridgehead atoms. The normalized spacial score (nSPS) is 16.7. The molecule has 12 nitrogen and oxygen atoms in total. The molecule has 0 spiro atoms. The number of aromatic nitrogens is 6. The number of carbonyl (C=O) groups is 1. The van der Waals surface area contributed by atoms with Crippen molar-refractivity contribution in [1.82, 2.24) is 34.3 Å². The van der Waals surface area contributed by atoms with Gasteiger partial charge in [0.1, 0.15) is 22.3 Å². The predicted molar refractivity (Wildman–Crippen MR) is 196 cm³/mol. The Morgan fingerprint density at radius 3 is 2.49 bits per heavy atom. The van der Waals surface area contributed by atoms with Gasteiger partial charge in [0, 0.05) is 63.5 Å². The number of ketones is 1. The number of nitrogens with zero attached hydrogens (tertiary/aromatic N) is 8. The molecule has 3 aromatic heterocycles. The third kappa shape index (κ3) is 6.84. The molecular formula is C38H46N8O4S. The van der Waals surface area contributed by atoms with Crippen LogP contribution in [0.15, 0.2) is 66.0 Å². The van der Waals surface area contributed by atoms with Gasteiger partial charge in [-0.2, -0.15) is 4.31 Å². The summed E-state index contributed by atoms with van der Waals surface area (Å²) in [6.07, 6.45) is 5.37. The quantitative estimate of drug-likeness (QED) is 0.169. The predicted octanol–water partition coefficient (Wildman–Crippen LogP) is 5.65. The molecule has 0 fully saturated rings. The van der Waals surface area contributed by atoms with Gasteiger partial charge < -0.3 is 9.64 Å². The van der Waals surface area contributed by atoms with Crippen molar-refractivity contribution < 1.29 is 17.9 Å². The summed E-state index contributed by atoms with van der Waals surface area (Å²) in [6.45, 7) is 13.0. The summed E-state index contributed by atoms with van der Waals surface area (Å²) in [4.78, 5) is 29.4. The van der Waals surface area contributed by atoms with Crippen LogP contribution >= 0.6 is 0 Å². The number of hydrogen-bond acceptors (Lipinski definition) is 10. The Labute approximate surface area is 299 Å². The van der Waals surface area contributed by atoms with Crippen LogP contribution in [0, 0.1) is 19.3 Å². The van der Waals surface area contributed by atoms with Crippen LogP contribution in [-0.4, -0.2) is 75.2 Å². The maximum Gasteiger partial charge on any atom is 0.248 e. The van der Waals surface area contributed by atoms with Crippen LogP contribution in [0.1, 0.15) is 73.4 Å². The first-order valence-electron chi connectivity index (χ1n) is 17.3. The Kier molecular flexibility index (Phi) is 9.97. The summed E-state index contributed by atoms with van der Waals surface area (Å²) >= 11 is 0. The molecule has 51 heavy (non-hydrogen) atoms. The van der Waals surface area contributed by atoms with E-state index in [2.05, 4.69) is 37.4 Å². The van der Waals surface area contributed by atoms with E-state index in [9.17, 15) is 13.2 Å². The molecular weight excluding hydrogens is 665 g/mol. The number of benzene rings is 2. The van der Waals surface area contributed by atoms with Crippen molar-refractivity contribution in [3.8, 4) is 5.88 Å². The molecule has 0 N–H and O–H groups in total. The topological polar surface area (TPSA) is 136 Å². The third-order valence-electron chi connectivity index (χ3n) is 10.0. The van der Waals surface area contributed by atoms with Crippen molar-refractivity contribution in [2.75, 3.05) is 25.5 Å². The fourth-order valence-electron chi connectivity index (χ4n) is 6.87. The number of ether oxygens (including phenoxy) is 1. The van der Waals surface area contributed by atoms with E-state index in [1.165, 1.54) is 4.31 Å². The van der Waals surface area contributed by atoms with Gasteiger partial charge in [-0.1, -0.05) is 50.3 Å². The minimum absolute atomic E-state index is 0.0228. The summed E-state index contributed by atoms with van der Waals surface area (Å²) in [6, 6.07) is 13.4. The second kappa shape index (κ2) is 14.1. The molecule has 2 atom stereocenters. The standard InChI is InChI=1S/C38H46N8O4S/c1-9-29-23-45(51(48,49)32-12-11-17-39-36(32)50-29)22-28-19-27(14-13-24(28)3)34(30-15-16-31-35(25(30)4)42-43-46(31)10-2)38(5,6)33(47)18-26-20-40-37(41-21-26)44(7)8/h11-17,19-21,29,34H,9-10,18,22-23H2,1-8H3/t29-,34+/m1/s1. The van der Waals surface area contributed by atoms with E-state index < -0.39 is 21.4 Å². The SMILES string of the molecule is CC[C@@H]1CN(Cc2cc([C@@H](c3ccc4c(nnn4CC)c3C)C(C)(C)C(=O)Cc3cnc(N(C)C)nc3)ccc2C)S(=O)(=O)c2cccnc2O1. The average Bonchev–Trinajstić information content (AvgIpc) is 3.50. The number of fused-ring (bicyclic) bond motifs is 2. The number of carbonyl (C=O) groups excluding carboxylic acids is 1. The number of pyridine rings is 1. The van der Waals surface area contributed by atoms with Crippen LogP contribution in [0.2, 0.25) is 0 Å². The molecule has 5 aromatic rings. The highest BCUT2D eigenvalue weighted by atomic mass is 32.2. The largest absolute Gasteiger partial charge is 0.472 e. The molecule has 0 amide bonds. The second-order valence-corrected chi connectivity index (χ2v) is 15.9. The number of rotatable bonds is 11. The molecule has 6 rings (SSSR count). The zero-order valence-electron chi connectivity index (χ0n) is 30.6. The van der Waals surface area contributed by atoms with Gasteiger partial charge in [-0.15, -0.1) is 5.10 Å². The molecule has 0 saturated carbocycles. The van der Waals surface area contributed by atoms with E-state index in [1.807, 2.05) is 83.4 Å². The maximum absolute atomic E-state index is 14.4. The van der Waals surface area contributed by atoms with Crippen LogP contribution in [-0.2, 0) is 34.3 Å². The van der Waals surface area contributed by atoms with Gasteiger partial charge in [-0.05, 0) is 78.8 Å². The summed E-state index contributed by atoms with van der Waals surface area (Å²) in [5.41, 5.74) is 6.12. The monoisotopic (exact) mass is 710 g/mol. The van der Waals surface area contributed by atoms with Gasteiger partial charge in [-0.25, -0.2) is 28.1 Å². The van der Waals surface area contributed by atoms with Crippen molar-refractivity contribution in [2.45, 2.75) is 84.4 Å². The second-order valence-electron chi connectivity index (χ2n) is 14.0. The van der Waals surface area contributed by atoms with Crippen molar-refractivity contribution in [3.05, 3.63) is 94.4 Å². The van der Waals surface area contributed by atoms with Crippen molar-refractivity contribution in [1.29, 1.82) is 0 Å². The lowest BCUT2D eigenvalue weighted by molar-refractivity contribution is -0.127. The Morgan fingerprint density at radius 2 is 1.80 bits per heavy atom. The van der Waals surface area contributed by atoms with Gasteiger partial charge in [0.2, 0.25) is 21.9 Å². The minimum Gasteiger partial charge on any atom is -0.472 e. The first-order chi connectivity index (χ1) is 24.3. The third-order valence-corrected chi connectivity index (χ3v) is 11.9. The van der Waals surface area contributed by atoms with Crippen LogP contribution < -0.4 is 9.64 Å². The molecule has 0 radical (unpaired) electrons. The minimum atomic E-state index is -3.92. The van der Waals surface area contributed by atoms with Gasteiger partial charge in [0.15, 0.2) is 0 Å². The van der Waals surface area contributed by atoms with E-state index in [1.54, 1.807) is 30.7 Å². The highest BCUT2D eigenvalue weighted by molar-refractivity contribution is 7.89. The molecule has 1 aliphatic rings. The van der Waals surface area contributed by atoms with E-state index in [4.69, 9.17) is 4.74 Å². The number of Topliss-reactive ketones (excluding diaryl/α,β-unsaturated/α-hetero) is 1. The number of hydrogen-bond donors (Lipinski definition) is 0. The lowest BCUT2D eigenvalue weighted by Gasteiger charge is -2.35. The van der Waals surface area contributed by atoms with Crippen molar-refractivity contribution in [2.24, 2.45) is 5.41 Å². The maximum atomic E-state index is 14.4. The van der Waals surface area contributed by atoms with E-state index in [-0.39, 0.29) is 42.2 Å². The Hall–Kier alpha value is -4.75. The first-order valence-corrected chi connectivity index (χ1v) is 18.8.